The van der Waals surface area contributed by atoms with E-state index in [1.807, 2.05) is 6.07 Å². The maximum absolute atomic E-state index is 12.2. The van der Waals surface area contributed by atoms with Gasteiger partial charge in [-0.1, -0.05) is 0 Å². The molecular weight excluding hydrogens is 326 g/mol. The van der Waals surface area contributed by atoms with Crippen molar-refractivity contribution in [2.75, 3.05) is 21.9 Å². The quantitative estimate of drug-likeness (QED) is 0.928. The molecule has 6 nitrogen and oxygen atoms in total. The lowest BCUT2D eigenvalue weighted by Crippen LogP contribution is -2.25. The van der Waals surface area contributed by atoms with Crippen LogP contribution in [-0.4, -0.2) is 26.6 Å². The van der Waals surface area contributed by atoms with Crippen LogP contribution in [0.5, 0.6) is 0 Å². The zero-order chi connectivity index (χ0) is 17.2. The molecule has 1 N–H and O–H groups in total. The standard InChI is InChI=1S/C17H15N3O3S/c18-12-13-2-6-15(7-3-13)19-17(21)14-4-8-16(9-5-14)20-10-1-11-24(20,22)23/h2-9H,1,10-11H2,(H,19,21). The van der Waals surface area contributed by atoms with E-state index >= 15 is 0 Å². The lowest BCUT2D eigenvalue weighted by molar-refractivity contribution is 0.102. The SMILES string of the molecule is N#Cc1ccc(NC(=O)c2ccc(N3CCCS3(=O)=O)cc2)cc1. The lowest BCUT2D eigenvalue weighted by atomic mass is 10.1. The Bertz CT molecular complexity index is 898. The van der Waals surface area contributed by atoms with Gasteiger partial charge in [0.05, 0.1) is 23.1 Å². The van der Waals surface area contributed by atoms with Crippen LogP contribution >= 0.6 is 0 Å². The van der Waals surface area contributed by atoms with Crippen LogP contribution < -0.4 is 9.62 Å². The third-order valence-corrected chi connectivity index (χ3v) is 5.66. The highest BCUT2D eigenvalue weighted by molar-refractivity contribution is 7.93. The van der Waals surface area contributed by atoms with Crippen molar-refractivity contribution in [2.24, 2.45) is 0 Å². The molecule has 0 aromatic heterocycles. The van der Waals surface area contributed by atoms with E-state index in [0.29, 0.717) is 35.5 Å². The van der Waals surface area contributed by atoms with E-state index in [4.69, 9.17) is 5.26 Å². The van der Waals surface area contributed by atoms with E-state index in [-0.39, 0.29) is 11.7 Å². The molecule has 1 aliphatic rings. The number of nitrogens with one attached hydrogen (secondary N) is 1. The first kappa shape index (κ1) is 16.0. The number of amides is 1. The molecule has 2 aromatic carbocycles. The number of carbonyl (C=O) groups excluding carboxylic acids is 1. The molecule has 1 aliphatic heterocycles. The Labute approximate surface area is 140 Å². The Morgan fingerprint density at radius 3 is 2.29 bits per heavy atom. The Kier molecular flexibility index (Phi) is 4.23. The van der Waals surface area contributed by atoms with Crippen LogP contribution in [0.4, 0.5) is 11.4 Å². The van der Waals surface area contributed by atoms with Crippen LogP contribution in [0.1, 0.15) is 22.3 Å². The molecular formula is C17H15N3O3S. The first-order chi connectivity index (χ1) is 11.5. The Morgan fingerprint density at radius 1 is 1.08 bits per heavy atom. The van der Waals surface area contributed by atoms with Gasteiger partial charge in [-0.25, -0.2) is 8.42 Å². The average molecular weight is 341 g/mol. The third-order valence-electron chi connectivity index (χ3n) is 3.79. The number of hydrogen-bond donors (Lipinski definition) is 1. The van der Waals surface area contributed by atoms with Crippen molar-refractivity contribution >= 4 is 27.3 Å². The topological polar surface area (TPSA) is 90.3 Å². The Balaban J connectivity index is 1.73. The number of anilines is 2. The fourth-order valence-corrected chi connectivity index (χ4v) is 4.10. The number of carbonyl (C=O) groups is 1. The maximum Gasteiger partial charge on any atom is 0.255 e. The van der Waals surface area contributed by atoms with Crippen molar-refractivity contribution in [3.05, 3.63) is 59.7 Å². The summed E-state index contributed by atoms with van der Waals surface area (Å²) in [6.45, 7) is 0.471. The van der Waals surface area contributed by atoms with Gasteiger partial charge in [0.2, 0.25) is 10.0 Å². The van der Waals surface area contributed by atoms with Gasteiger partial charge in [0.25, 0.3) is 5.91 Å². The van der Waals surface area contributed by atoms with E-state index in [1.54, 1.807) is 48.5 Å². The number of hydrogen-bond acceptors (Lipinski definition) is 4. The number of nitrogens with zero attached hydrogens (tertiary/aromatic N) is 2. The van der Waals surface area contributed by atoms with Gasteiger partial charge >= 0.3 is 0 Å². The normalized spacial score (nSPS) is 15.7. The molecule has 3 rings (SSSR count). The Morgan fingerprint density at radius 2 is 1.75 bits per heavy atom. The molecule has 1 amide bonds. The van der Waals surface area contributed by atoms with E-state index in [2.05, 4.69) is 5.32 Å². The van der Waals surface area contributed by atoms with E-state index in [0.717, 1.165) is 0 Å². The second-order valence-corrected chi connectivity index (χ2v) is 7.44. The van der Waals surface area contributed by atoms with Gasteiger partial charge in [-0.15, -0.1) is 0 Å². The zero-order valence-corrected chi connectivity index (χ0v) is 13.6. The summed E-state index contributed by atoms with van der Waals surface area (Å²) in [6.07, 6.45) is 0.614. The predicted molar refractivity (Wildman–Crippen MR) is 91.3 cm³/mol. The van der Waals surface area contributed by atoms with E-state index < -0.39 is 10.0 Å². The van der Waals surface area contributed by atoms with Gasteiger partial charge in [0, 0.05) is 17.8 Å². The summed E-state index contributed by atoms with van der Waals surface area (Å²) < 4.78 is 25.2. The predicted octanol–water partition coefficient (Wildman–Crippen LogP) is 2.35. The average Bonchev–Trinajstić information content (AvgIpc) is 2.95. The molecule has 0 bridgehead atoms. The van der Waals surface area contributed by atoms with Gasteiger partial charge in [0.15, 0.2) is 0 Å². The molecule has 0 spiro atoms. The van der Waals surface area contributed by atoms with Crippen molar-refractivity contribution in [3.63, 3.8) is 0 Å². The van der Waals surface area contributed by atoms with Crippen LogP contribution in [0.15, 0.2) is 48.5 Å². The molecule has 2 aromatic rings. The minimum atomic E-state index is -3.22. The van der Waals surface area contributed by atoms with Crippen LogP contribution in [0.3, 0.4) is 0 Å². The van der Waals surface area contributed by atoms with Crippen molar-refractivity contribution in [2.45, 2.75) is 6.42 Å². The number of benzene rings is 2. The number of nitriles is 1. The molecule has 7 heteroatoms. The van der Waals surface area contributed by atoms with Gasteiger partial charge in [-0.3, -0.25) is 9.10 Å². The summed E-state index contributed by atoms with van der Waals surface area (Å²) >= 11 is 0. The summed E-state index contributed by atoms with van der Waals surface area (Å²) in [7, 11) is -3.22. The summed E-state index contributed by atoms with van der Waals surface area (Å²) in [5.41, 5.74) is 2.11. The summed E-state index contributed by atoms with van der Waals surface area (Å²) in [6, 6.07) is 15.0. The molecule has 1 fully saturated rings. The van der Waals surface area contributed by atoms with Crippen LogP contribution in [-0.2, 0) is 10.0 Å². The molecule has 0 radical (unpaired) electrons. The maximum atomic E-state index is 12.2. The van der Waals surface area contributed by atoms with Crippen molar-refractivity contribution in [1.29, 1.82) is 5.26 Å². The second-order valence-electron chi connectivity index (χ2n) is 5.43. The number of rotatable bonds is 3. The summed E-state index contributed by atoms with van der Waals surface area (Å²) in [5, 5.41) is 11.5. The second kappa shape index (κ2) is 6.34. The highest BCUT2D eigenvalue weighted by Gasteiger charge is 2.28. The van der Waals surface area contributed by atoms with Crippen molar-refractivity contribution in [3.8, 4) is 6.07 Å². The molecule has 1 saturated heterocycles. The first-order valence-electron chi connectivity index (χ1n) is 7.41. The minimum absolute atomic E-state index is 0.161. The third kappa shape index (κ3) is 3.24. The highest BCUT2D eigenvalue weighted by Crippen LogP contribution is 2.24. The molecule has 1 heterocycles. The molecule has 122 valence electrons. The molecule has 0 aliphatic carbocycles. The zero-order valence-electron chi connectivity index (χ0n) is 12.8. The van der Waals surface area contributed by atoms with Crippen LogP contribution in [0.2, 0.25) is 0 Å². The Hall–Kier alpha value is -2.85. The van der Waals surface area contributed by atoms with Gasteiger partial charge in [-0.2, -0.15) is 5.26 Å². The van der Waals surface area contributed by atoms with Crippen molar-refractivity contribution in [1.82, 2.24) is 0 Å². The van der Waals surface area contributed by atoms with E-state index in [1.165, 1.54) is 4.31 Å². The fraction of sp³-hybridized carbons (Fsp3) is 0.176. The van der Waals surface area contributed by atoms with Gasteiger partial charge in [-0.05, 0) is 55.0 Å². The first-order valence-corrected chi connectivity index (χ1v) is 9.02. The molecule has 0 unspecified atom stereocenters. The summed E-state index contributed by atoms with van der Waals surface area (Å²) in [5.74, 6) is -0.135. The van der Waals surface area contributed by atoms with E-state index in [9.17, 15) is 13.2 Å². The van der Waals surface area contributed by atoms with Gasteiger partial charge < -0.3 is 5.32 Å². The lowest BCUT2D eigenvalue weighted by Gasteiger charge is -2.17. The fourth-order valence-electron chi connectivity index (χ4n) is 2.54. The highest BCUT2D eigenvalue weighted by atomic mass is 32.2. The number of sulfonamides is 1. The van der Waals surface area contributed by atoms with Crippen LogP contribution in [0.25, 0.3) is 0 Å². The van der Waals surface area contributed by atoms with Crippen LogP contribution in [0, 0.1) is 11.3 Å². The largest absolute Gasteiger partial charge is 0.322 e. The van der Waals surface area contributed by atoms with Gasteiger partial charge in [0.1, 0.15) is 0 Å². The van der Waals surface area contributed by atoms with Crippen molar-refractivity contribution < 1.29 is 13.2 Å². The summed E-state index contributed by atoms with van der Waals surface area (Å²) in [4.78, 5) is 12.2. The minimum Gasteiger partial charge on any atom is -0.322 e. The molecule has 0 atom stereocenters. The molecule has 24 heavy (non-hydrogen) atoms. The smallest absolute Gasteiger partial charge is 0.255 e. The molecule has 0 saturated carbocycles. The monoisotopic (exact) mass is 341 g/mol.